The number of hydrogen-bond acceptors (Lipinski definition) is 6. The molecule has 3 aromatic rings. The van der Waals surface area contributed by atoms with E-state index in [2.05, 4.69) is 78.2 Å². The standard InChI is InChI=1S/C28H30N2O4/c1-26(2)33-24-23(32-28(25(24)34-26)29-30(28)3)19-31-27(20-13-7-4-8-14-20,21-15-9-5-10-16-21)22-17-11-6-12-18-22/h4-18,23-25,29H,19H2,1-3H3/t23-,24-,25-,28-,30?/m1/s1. The molecule has 3 heterocycles. The third kappa shape index (κ3) is 3.41. The van der Waals surface area contributed by atoms with Crippen molar-refractivity contribution in [2.75, 3.05) is 13.7 Å². The largest absolute Gasteiger partial charge is 0.358 e. The van der Waals surface area contributed by atoms with E-state index in [-0.39, 0.29) is 18.3 Å². The number of nitrogens with one attached hydrogen (secondary N) is 1. The monoisotopic (exact) mass is 458 g/mol. The molecule has 0 radical (unpaired) electrons. The maximum Gasteiger partial charge on any atom is 0.233 e. The Bertz CT molecular complexity index is 1040. The summed E-state index contributed by atoms with van der Waals surface area (Å²) >= 11 is 0. The molecule has 1 unspecified atom stereocenters. The first kappa shape index (κ1) is 21.9. The highest BCUT2D eigenvalue weighted by Gasteiger charge is 2.72. The summed E-state index contributed by atoms with van der Waals surface area (Å²) in [5.41, 5.74) is 5.65. The van der Waals surface area contributed by atoms with Crippen LogP contribution in [0.25, 0.3) is 0 Å². The third-order valence-electron chi connectivity index (χ3n) is 6.99. The van der Waals surface area contributed by atoms with E-state index >= 15 is 0 Å². The van der Waals surface area contributed by atoms with Gasteiger partial charge < -0.3 is 18.9 Å². The van der Waals surface area contributed by atoms with E-state index in [1.807, 2.05) is 44.1 Å². The number of ether oxygens (including phenoxy) is 4. The average Bonchev–Trinajstić information content (AvgIpc) is 3.27. The number of likely N-dealkylation sites (N-methyl/N-ethyl adjacent to an activating group) is 1. The molecule has 0 aliphatic carbocycles. The van der Waals surface area contributed by atoms with Crippen LogP contribution < -0.4 is 5.43 Å². The van der Waals surface area contributed by atoms with Crippen molar-refractivity contribution >= 4 is 0 Å². The van der Waals surface area contributed by atoms with E-state index in [1.165, 1.54) is 0 Å². The van der Waals surface area contributed by atoms with Crippen LogP contribution in [0.3, 0.4) is 0 Å². The summed E-state index contributed by atoms with van der Waals surface area (Å²) in [5.74, 6) is -1.34. The van der Waals surface area contributed by atoms with Gasteiger partial charge in [-0.25, -0.2) is 5.43 Å². The van der Waals surface area contributed by atoms with Crippen molar-refractivity contribution in [2.45, 2.75) is 49.4 Å². The molecule has 0 bridgehead atoms. The number of nitrogens with zero attached hydrogens (tertiary/aromatic N) is 1. The van der Waals surface area contributed by atoms with Gasteiger partial charge in [-0.15, -0.1) is 0 Å². The molecular formula is C28H30N2O4. The van der Waals surface area contributed by atoms with Crippen LogP contribution in [0.15, 0.2) is 91.0 Å². The van der Waals surface area contributed by atoms with Crippen LogP contribution in [0.5, 0.6) is 0 Å². The number of hydrazine groups is 1. The molecule has 176 valence electrons. The Morgan fingerprint density at radius 2 is 1.26 bits per heavy atom. The second-order valence-corrected chi connectivity index (χ2v) is 9.63. The SMILES string of the molecule is CN1N[C@@]12O[C@H](COC(c1ccccc1)(c1ccccc1)c1ccccc1)[C@H]1OC(C)(C)O[C@H]12. The summed E-state index contributed by atoms with van der Waals surface area (Å²) in [6, 6.07) is 31.1. The number of hydrogen-bond donors (Lipinski definition) is 1. The lowest BCUT2D eigenvalue weighted by Gasteiger charge is -2.37. The fraction of sp³-hybridized carbons (Fsp3) is 0.357. The van der Waals surface area contributed by atoms with Crippen molar-refractivity contribution in [1.29, 1.82) is 0 Å². The summed E-state index contributed by atoms with van der Waals surface area (Å²) < 4.78 is 26.0. The van der Waals surface area contributed by atoms with Crippen LogP contribution >= 0.6 is 0 Å². The minimum absolute atomic E-state index is 0.235. The Labute approximate surface area is 200 Å². The second-order valence-electron chi connectivity index (χ2n) is 9.63. The lowest BCUT2D eigenvalue weighted by atomic mass is 9.80. The maximum absolute atomic E-state index is 7.00. The fourth-order valence-electron chi connectivity index (χ4n) is 5.41. The summed E-state index contributed by atoms with van der Waals surface area (Å²) in [7, 11) is 1.96. The molecule has 3 saturated heterocycles. The summed E-state index contributed by atoms with van der Waals surface area (Å²) in [4.78, 5) is 0. The van der Waals surface area contributed by atoms with Crippen molar-refractivity contribution in [3.05, 3.63) is 108 Å². The van der Waals surface area contributed by atoms with Crippen LogP contribution in [-0.4, -0.2) is 48.6 Å². The van der Waals surface area contributed by atoms with Gasteiger partial charge in [-0.1, -0.05) is 91.0 Å². The van der Waals surface area contributed by atoms with Crippen LogP contribution in [0.1, 0.15) is 30.5 Å². The van der Waals surface area contributed by atoms with Gasteiger partial charge >= 0.3 is 0 Å². The van der Waals surface area contributed by atoms with Gasteiger partial charge in [0.2, 0.25) is 5.85 Å². The molecule has 5 atom stereocenters. The van der Waals surface area contributed by atoms with Crippen molar-refractivity contribution in [2.24, 2.45) is 0 Å². The van der Waals surface area contributed by atoms with Crippen LogP contribution in [0.2, 0.25) is 0 Å². The molecule has 6 rings (SSSR count). The highest BCUT2D eigenvalue weighted by atomic mass is 16.8. The van der Waals surface area contributed by atoms with Crippen LogP contribution in [0, 0.1) is 0 Å². The van der Waals surface area contributed by atoms with Crippen molar-refractivity contribution in [3.63, 3.8) is 0 Å². The summed E-state index contributed by atoms with van der Waals surface area (Å²) in [6.45, 7) is 4.22. The van der Waals surface area contributed by atoms with Gasteiger partial charge in [-0.2, -0.15) is 5.01 Å². The number of benzene rings is 3. The highest BCUT2D eigenvalue weighted by molar-refractivity contribution is 5.47. The van der Waals surface area contributed by atoms with Gasteiger partial charge in [0, 0.05) is 7.05 Å². The van der Waals surface area contributed by atoms with Crippen molar-refractivity contribution < 1.29 is 18.9 Å². The molecule has 3 aliphatic rings. The molecule has 3 aliphatic heterocycles. The molecule has 6 heteroatoms. The first-order chi connectivity index (χ1) is 16.4. The Hall–Kier alpha value is -2.58. The van der Waals surface area contributed by atoms with Gasteiger partial charge in [0.15, 0.2) is 5.79 Å². The third-order valence-corrected chi connectivity index (χ3v) is 6.99. The number of fused-ring (bicyclic) bond motifs is 2. The maximum atomic E-state index is 7.00. The van der Waals surface area contributed by atoms with E-state index in [4.69, 9.17) is 18.9 Å². The predicted octanol–water partition coefficient (Wildman–Crippen LogP) is 4.02. The molecule has 34 heavy (non-hydrogen) atoms. The Morgan fingerprint density at radius 3 is 1.71 bits per heavy atom. The molecule has 6 nitrogen and oxygen atoms in total. The van der Waals surface area contributed by atoms with E-state index in [0.29, 0.717) is 6.61 Å². The van der Waals surface area contributed by atoms with E-state index < -0.39 is 17.2 Å². The molecule has 0 saturated carbocycles. The topological polar surface area (TPSA) is 61.9 Å². The molecule has 3 fully saturated rings. The molecular weight excluding hydrogens is 428 g/mol. The van der Waals surface area contributed by atoms with Crippen LogP contribution in [0.4, 0.5) is 0 Å². The minimum Gasteiger partial charge on any atom is -0.358 e. The first-order valence-corrected chi connectivity index (χ1v) is 11.8. The van der Waals surface area contributed by atoms with Gasteiger partial charge in [0.1, 0.15) is 23.9 Å². The normalized spacial score (nSPS) is 31.5. The Morgan fingerprint density at radius 1 is 0.794 bits per heavy atom. The Kier molecular flexibility index (Phi) is 5.15. The fourth-order valence-corrected chi connectivity index (χ4v) is 5.41. The summed E-state index contributed by atoms with van der Waals surface area (Å²) in [5, 5.41) is 1.94. The molecule has 1 spiro atoms. The smallest absolute Gasteiger partial charge is 0.233 e. The van der Waals surface area contributed by atoms with Crippen LogP contribution in [-0.2, 0) is 24.5 Å². The predicted molar refractivity (Wildman–Crippen MR) is 127 cm³/mol. The van der Waals surface area contributed by atoms with Gasteiger partial charge in [0.25, 0.3) is 0 Å². The molecule has 0 amide bonds. The zero-order chi connectivity index (χ0) is 23.4. The van der Waals surface area contributed by atoms with E-state index in [1.54, 1.807) is 0 Å². The Balaban J connectivity index is 1.40. The van der Waals surface area contributed by atoms with Gasteiger partial charge in [0.05, 0.1) is 6.61 Å². The first-order valence-electron chi connectivity index (χ1n) is 11.8. The lowest BCUT2D eigenvalue weighted by Crippen LogP contribution is -2.39. The lowest BCUT2D eigenvalue weighted by molar-refractivity contribution is -0.207. The average molecular weight is 459 g/mol. The molecule has 1 N–H and O–H groups in total. The van der Waals surface area contributed by atoms with E-state index in [9.17, 15) is 0 Å². The second kappa shape index (κ2) is 7.99. The van der Waals surface area contributed by atoms with Crippen molar-refractivity contribution in [3.8, 4) is 0 Å². The highest BCUT2D eigenvalue weighted by Crippen LogP contribution is 2.49. The molecule has 0 aromatic heterocycles. The van der Waals surface area contributed by atoms with Gasteiger partial charge in [-0.3, -0.25) is 0 Å². The minimum atomic E-state index is -0.809. The zero-order valence-corrected chi connectivity index (χ0v) is 19.7. The number of rotatable bonds is 6. The van der Waals surface area contributed by atoms with E-state index in [0.717, 1.165) is 16.7 Å². The molecule has 3 aromatic carbocycles. The van der Waals surface area contributed by atoms with Crippen molar-refractivity contribution in [1.82, 2.24) is 10.4 Å². The van der Waals surface area contributed by atoms with Gasteiger partial charge in [-0.05, 0) is 30.5 Å². The zero-order valence-electron chi connectivity index (χ0n) is 19.7. The summed E-state index contributed by atoms with van der Waals surface area (Å²) in [6.07, 6.45) is -0.784. The quantitative estimate of drug-likeness (QED) is 0.445.